The first-order valence-corrected chi connectivity index (χ1v) is 8.94. The van der Waals surface area contributed by atoms with Crippen molar-refractivity contribution >= 4 is 17.5 Å². The molecule has 1 N–H and O–H groups in total. The Balaban J connectivity index is 1.63. The zero-order valence-corrected chi connectivity index (χ0v) is 14.6. The monoisotopic (exact) mass is 329 g/mol. The van der Waals surface area contributed by atoms with Gasteiger partial charge < -0.3 is 15.1 Å². The minimum absolute atomic E-state index is 0.115. The van der Waals surface area contributed by atoms with E-state index in [0.29, 0.717) is 12.0 Å². The lowest BCUT2D eigenvalue weighted by atomic mass is 9.91. The molecule has 0 aliphatic carbocycles. The third-order valence-corrected chi connectivity index (χ3v) is 5.27. The van der Waals surface area contributed by atoms with Crippen LogP contribution in [0.2, 0.25) is 0 Å². The van der Waals surface area contributed by atoms with Crippen molar-refractivity contribution in [1.29, 1.82) is 0 Å². The molecule has 0 radical (unpaired) electrons. The smallest absolute Gasteiger partial charge is 0.244 e. The van der Waals surface area contributed by atoms with E-state index in [2.05, 4.69) is 12.2 Å². The number of benzene rings is 1. The fourth-order valence-electron chi connectivity index (χ4n) is 3.83. The Morgan fingerprint density at radius 2 is 1.92 bits per heavy atom. The number of rotatable bonds is 3. The van der Waals surface area contributed by atoms with Gasteiger partial charge in [0, 0.05) is 38.3 Å². The van der Waals surface area contributed by atoms with Crippen LogP contribution in [-0.4, -0.2) is 48.4 Å². The van der Waals surface area contributed by atoms with Crippen LogP contribution in [0.25, 0.3) is 0 Å². The Hall–Kier alpha value is -1.88. The van der Waals surface area contributed by atoms with Gasteiger partial charge in [0.15, 0.2) is 0 Å². The first-order valence-electron chi connectivity index (χ1n) is 8.94. The van der Waals surface area contributed by atoms with Crippen molar-refractivity contribution in [3.63, 3.8) is 0 Å². The van der Waals surface area contributed by atoms with Gasteiger partial charge in [-0.3, -0.25) is 9.59 Å². The van der Waals surface area contributed by atoms with Crippen LogP contribution in [-0.2, 0) is 9.59 Å². The van der Waals surface area contributed by atoms with Crippen LogP contribution in [0, 0.1) is 5.92 Å². The molecule has 2 heterocycles. The summed E-state index contributed by atoms with van der Waals surface area (Å²) in [6.07, 6.45) is 2.82. The predicted octanol–water partition coefficient (Wildman–Crippen LogP) is 2.03. The summed E-state index contributed by atoms with van der Waals surface area (Å²) in [5, 5.41) is 3.59. The molecule has 2 aliphatic rings. The summed E-state index contributed by atoms with van der Waals surface area (Å²) >= 11 is 0. The average molecular weight is 329 g/mol. The van der Waals surface area contributed by atoms with E-state index in [9.17, 15) is 9.59 Å². The quantitative estimate of drug-likeness (QED) is 0.923. The summed E-state index contributed by atoms with van der Waals surface area (Å²) in [6, 6.07) is 10.1. The van der Waals surface area contributed by atoms with E-state index < -0.39 is 0 Å². The predicted molar refractivity (Wildman–Crippen MR) is 94.8 cm³/mol. The van der Waals surface area contributed by atoms with Gasteiger partial charge in [0.1, 0.15) is 0 Å². The summed E-state index contributed by atoms with van der Waals surface area (Å²) in [5.74, 6) is 0.681. The summed E-state index contributed by atoms with van der Waals surface area (Å²) in [5.41, 5.74) is 0.980. The van der Waals surface area contributed by atoms with Crippen molar-refractivity contribution in [2.24, 2.45) is 5.92 Å². The minimum Gasteiger partial charge on any atom is -0.343 e. The van der Waals surface area contributed by atoms with Crippen molar-refractivity contribution < 1.29 is 9.59 Å². The van der Waals surface area contributed by atoms with E-state index in [1.165, 1.54) is 0 Å². The zero-order chi connectivity index (χ0) is 17.1. The molecule has 2 fully saturated rings. The highest BCUT2D eigenvalue weighted by molar-refractivity contribution is 5.97. The van der Waals surface area contributed by atoms with E-state index in [1.807, 2.05) is 40.1 Å². The lowest BCUT2D eigenvalue weighted by Crippen LogP contribution is -2.58. The number of likely N-dealkylation sites (tertiary alicyclic amines) is 1. The molecule has 1 aromatic rings. The molecule has 3 rings (SSSR count). The molecule has 0 unspecified atom stereocenters. The van der Waals surface area contributed by atoms with Crippen LogP contribution in [0.4, 0.5) is 5.69 Å². The van der Waals surface area contributed by atoms with E-state index in [1.54, 1.807) is 6.92 Å². The molecule has 24 heavy (non-hydrogen) atoms. The van der Waals surface area contributed by atoms with E-state index >= 15 is 0 Å². The van der Waals surface area contributed by atoms with Crippen LogP contribution in [0.1, 0.15) is 33.1 Å². The van der Waals surface area contributed by atoms with Gasteiger partial charge in [0.05, 0.1) is 6.04 Å². The number of amides is 2. The SMILES string of the molecule is CC(=O)N1CC[C@H](N[C@H]2CCCN(c3ccccc3)C2=O)[C@H](C)C1. The lowest BCUT2D eigenvalue weighted by Gasteiger charge is -2.40. The molecule has 2 amide bonds. The fourth-order valence-corrected chi connectivity index (χ4v) is 3.83. The van der Waals surface area contributed by atoms with Gasteiger partial charge in [-0.05, 0) is 37.3 Å². The molecule has 0 aromatic heterocycles. The van der Waals surface area contributed by atoms with Crippen LogP contribution in [0.3, 0.4) is 0 Å². The first kappa shape index (κ1) is 17.0. The zero-order valence-electron chi connectivity index (χ0n) is 14.6. The number of piperidine rings is 2. The number of nitrogens with one attached hydrogen (secondary N) is 1. The topological polar surface area (TPSA) is 52.7 Å². The molecule has 0 spiro atoms. The second-order valence-corrected chi connectivity index (χ2v) is 7.02. The summed E-state index contributed by atoms with van der Waals surface area (Å²) in [6.45, 7) is 6.13. The molecular formula is C19H27N3O2. The van der Waals surface area contributed by atoms with Crippen LogP contribution in [0.15, 0.2) is 30.3 Å². The van der Waals surface area contributed by atoms with Gasteiger partial charge in [-0.15, -0.1) is 0 Å². The average Bonchev–Trinajstić information content (AvgIpc) is 2.59. The Bertz CT molecular complexity index is 590. The first-order chi connectivity index (χ1) is 11.6. The normalized spacial score (nSPS) is 28.1. The summed E-state index contributed by atoms with van der Waals surface area (Å²) < 4.78 is 0. The van der Waals surface area contributed by atoms with Crippen molar-refractivity contribution in [1.82, 2.24) is 10.2 Å². The molecule has 5 heteroatoms. The second-order valence-electron chi connectivity index (χ2n) is 7.02. The number of hydrogen-bond donors (Lipinski definition) is 1. The molecule has 0 saturated carbocycles. The Labute approximate surface area is 144 Å². The Morgan fingerprint density at radius 3 is 2.58 bits per heavy atom. The van der Waals surface area contributed by atoms with Crippen molar-refractivity contribution in [3.8, 4) is 0 Å². The molecule has 130 valence electrons. The van der Waals surface area contributed by atoms with Crippen molar-refractivity contribution in [2.45, 2.75) is 45.2 Å². The minimum atomic E-state index is -0.115. The largest absolute Gasteiger partial charge is 0.343 e. The maximum atomic E-state index is 12.9. The highest BCUT2D eigenvalue weighted by Gasteiger charge is 2.34. The summed E-state index contributed by atoms with van der Waals surface area (Å²) in [7, 11) is 0. The third kappa shape index (κ3) is 3.61. The van der Waals surface area contributed by atoms with Gasteiger partial charge in [-0.2, -0.15) is 0 Å². The summed E-state index contributed by atoms with van der Waals surface area (Å²) in [4.78, 5) is 28.2. The Kier molecular flexibility index (Phi) is 5.19. The van der Waals surface area contributed by atoms with Gasteiger partial charge in [0.25, 0.3) is 0 Å². The Morgan fingerprint density at radius 1 is 1.17 bits per heavy atom. The third-order valence-electron chi connectivity index (χ3n) is 5.27. The number of para-hydroxylation sites is 1. The van der Waals surface area contributed by atoms with Gasteiger partial charge in [0.2, 0.25) is 11.8 Å². The number of nitrogens with zero attached hydrogens (tertiary/aromatic N) is 2. The number of hydrogen-bond acceptors (Lipinski definition) is 3. The number of carbonyl (C=O) groups excluding carboxylic acids is 2. The van der Waals surface area contributed by atoms with Gasteiger partial charge in [-0.1, -0.05) is 25.1 Å². The lowest BCUT2D eigenvalue weighted by molar-refractivity contribution is -0.131. The molecule has 1 aromatic carbocycles. The maximum Gasteiger partial charge on any atom is 0.244 e. The van der Waals surface area contributed by atoms with E-state index in [0.717, 1.165) is 44.6 Å². The molecule has 0 bridgehead atoms. The second kappa shape index (κ2) is 7.34. The van der Waals surface area contributed by atoms with E-state index in [4.69, 9.17) is 0 Å². The van der Waals surface area contributed by atoms with E-state index in [-0.39, 0.29) is 17.9 Å². The van der Waals surface area contributed by atoms with Gasteiger partial charge in [-0.25, -0.2) is 0 Å². The maximum absolute atomic E-state index is 12.9. The molecule has 2 saturated heterocycles. The van der Waals surface area contributed by atoms with Crippen molar-refractivity contribution in [2.75, 3.05) is 24.5 Å². The van der Waals surface area contributed by atoms with Crippen LogP contribution in [0.5, 0.6) is 0 Å². The number of carbonyl (C=O) groups is 2. The molecule has 2 aliphatic heterocycles. The fraction of sp³-hybridized carbons (Fsp3) is 0.579. The highest BCUT2D eigenvalue weighted by atomic mass is 16.2. The van der Waals surface area contributed by atoms with Crippen LogP contribution < -0.4 is 10.2 Å². The molecular weight excluding hydrogens is 302 g/mol. The standard InChI is InChI=1S/C19H27N3O2/c1-14-13-21(15(2)23)12-10-17(14)20-18-9-6-11-22(19(18)24)16-7-4-3-5-8-16/h3-5,7-8,14,17-18,20H,6,9-13H2,1-2H3/t14-,17+,18+/m1/s1. The number of anilines is 1. The van der Waals surface area contributed by atoms with Crippen LogP contribution >= 0.6 is 0 Å². The van der Waals surface area contributed by atoms with Crippen molar-refractivity contribution in [3.05, 3.63) is 30.3 Å². The van der Waals surface area contributed by atoms with Gasteiger partial charge >= 0.3 is 0 Å². The molecule has 5 nitrogen and oxygen atoms in total. The molecule has 3 atom stereocenters. The highest BCUT2D eigenvalue weighted by Crippen LogP contribution is 2.23.